The molecule has 0 saturated heterocycles. The number of esters is 1. The average molecular weight is 334 g/mol. The molecule has 0 bridgehead atoms. The van der Waals surface area contributed by atoms with Crippen molar-refractivity contribution in [2.45, 2.75) is 51.0 Å². The second-order valence-corrected chi connectivity index (χ2v) is 7.53. The van der Waals surface area contributed by atoms with E-state index < -0.39 is 44.9 Å². The lowest BCUT2D eigenvalue weighted by Gasteiger charge is -2.20. The molecule has 0 aliphatic heterocycles. The molecule has 0 saturated carbocycles. The lowest BCUT2D eigenvalue weighted by Crippen LogP contribution is -2.47. The number of ether oxygens (including phenoxy) is 1. The van der Waals surface area contributed by atoms with Crippen LogP contribution >= 0.6 is 0 Å². The molecular weight excluding hydrogens is 312 g/mol. The van der Waals surface area contributed by atoms with Crippen molar-refractivity contribution >= 4 is 33.7 Å². The zero-order chi connectivity index (χ0) is 17.5. The Balaban J connectivity index is 4.99. The Morgan fingerprint density at radius 2 is 1.77 bits per heavy atom. The Morgan fingerprint density at radius 1 is 1.23 bits per heavy atom. The normalized spacial score (nSPS) is 14.0. The average Bonchev–Trinajstić information content (AvgIpc) is 2.39. The van der Waals surface area contributed by atoms with E-state index in [0.717, 1.165) is 6.26 Å². The van der Waals surface area contributed by atoms with Gasteiger partial charge in [-0.05, 0) is 27.2 Å². The van der Waals surface area contributed by atoms with Gasteiger partial charge in [-0.2, -0.15) is 0 Å². The Labute approximate surface area is 130 Å². The molecule has 0 spiro atoms. The first kappa shape index (κ1) is 20.2. The van der Waals surface area contributed by atoms with Gasteiger partial charge in [0.15, 0.2) is 15.6 Å². The summed E-state index contributed by atoms with van der Waals surface area (Å²) in [5, 5.41) is 7.78. The van der Waals surface area contributed by atoms with E-state index in [0.29, 0.717) is 6.21 Å². The van der Waals surface area contributed by atoms with Gasteiger partial charge in [0.2, 0.25) is 5.91 Å². The summed E-state index contributed by atoms with van der Waals surface area (Å²) in [4.78, 5) is 34.9. The second kappa shape index (κ2) is 8.62. The van der Waals surface area contributed by atoms with Crippen LogP contribution in [0.1, 0.15) is 33.6 Å². The third-order valence-corrected chi connectivity index (χ3v) is 4.30. The largest absolute Gasteiger partial charge is 0.461 e. The molecule has 0 aromatic carbocycles. The lowest BCUT2D eigenvalue weighted by atomic mass is 10.1. The van der Waals surface area contributed by atoms with Crippen molar-refractivity contribution in [1.82, 2.24) is 5.32 Å². The van der Waals surface area contributed by atoms with E-state index in [1.807, 2.05) is 0 Å². The van der Waals surface area contributed by atoms with Crippen LogP contribution in [0.2, 0.25) is 0 Å². The van der Waals surface area contributed by atoms with E-state index in [1.54, 1.807) is 13.8 Å². The number of carbonyl (C=O) groups is 3. The highest BCUT2D eigenvalue weighted by atomic mass is 32.2. The minimum atomic E-state index is -3.60. The van der Waals surface area contributed by atoms with Crippen molar-refractivity contribution in [2.75, 3.05) is 6.26 Å². The zero-order valence-corrected chi connectivity index (χ0v) is 13.9. The summed E-state index contributed by atoms with van der Waals surface area (Å²) in [7, 11) is -3.60. The van der Waals surface area contributed by atoms with Crippen LogP contribution in [0.25, 0.3) is 0 Å². The number of ketones is 1. The number of nitrogens with one attached hydrogen (secondary N) is 2. The van der Waals surface area contributed by atoms with E-state index in [-0.39, 0.29) is 12.8 Å². The standard InChI is InChI=1S/C13H22N2O6S/c1-8(2)21-13(18)11(6-5-10(16)7-14)15-12(17)9(3)22(4,19)20/h7-9,11,14H,5-6H2,1-4H3,(H,15,17)/t9-,11-/m0/s1. The molecule has 1 amide bonds. The van der Waals surface area contributed by atoms with Crippen LogP contribution in [-0.2, 0) is 29.0 Å². The fourth-order valence-electron chi connectivity index (χ4n) is 1.41. The second-order valence-electron chi connectivity index (χ2n) is 5.17. The molecule has 0 heterocycles. The molecule has 2 atom stereocenters. The number of rotatable bonds is 9. The third-order valence-electron chi connectivity index (χ3n) is 2.80. The summed E-state index contributed by atoms with van der Waals surface area (Å²) < 4.78 is 27.7. The van der Waals surface area contributed by atoms with Gasteiger partial charge in [-0.25, -0.2) is 13.2 Å². The number of sulfone groups is 1. The van der Waals surface area contributed by atoms with E-state index >= 15 is 0 Å². The first-order valence-corrected chi connectivity index (χ1v) is 8.67. The van der Waals surface area contributed by atoms with Gasteiger partial charge in [0.1, 0.15) is 11.3 Å². The first-order chi connectivity index (χ1) is 9.98. The summed E-state index contributed by atoms with van der Waals surface area (Å²) in [5.74, 6) is -2.09. The third kappa shape index (κ3) is 7.30. The first-order valence-electron chi connectivity index (χ1n) is 6.72. The van der Waals surface area contributed by atoms with Gasteiger partial charge in [0.25, 0.3) is 0 Å². The maximum Gasteiger partial charge on any atom is 0.328 e. The molecule has 22 heavy (non-hydrogen) atoms. The van der Waals surface area contributed by atoms with Crippen molar-refractivity contribution in [2.24, 2.45) is 0 Å². The van der Waals surface area contributed by atoms with E-state index in [2.05, 4.69) is 5.32 Å². The highest BCUT2D eigenvalue weighted by Crippen LogP contribution is 2.06. The highest BCUT2D eigenvalue weighted by molar-refractivity contribution is 7.92. The predicted molar refractivity (Wildman–Crippen MR) is 80.5 cm³/mol. The van der Waals surface area contributed by atoms with Crippen molar-refractivity contribution in [1.29, 1.82) is 5.41 Å². The quantitative estimate of drug-likeness (QED) is 0.445. The van der Waals surface area contributed by atoms with Gasteiger partial charge in [0, 0.05) is 12.7 Å². The number of hydrogen-bond acceptors (Lipinski definition) is 7. The van der Waals surface area contributed by atoms with Crippen molar-refractivity contribution in [3.63, 3.8) is 0 Å². The van der Waals surface area contributed by atoms with Crippen LogP contribution in [0.15, 0.2) is 0 Å². The SMILES string of the molecule is CC(C)OC(=O)[C@H](CCC(=O)C=N)NC(=O)[C@H](C)S(C)(=O)=O. The molecule has 8 nitrogen and oxygen atoms in total. The molecule has 0 radical (unpaired) electrons. The van der Waals surface area contributed by atoms with Crippen molar-refractivity contribution < 1.29 is 27.5 Å². The topological polar surface area (TPSA) is 130 Å². The lowest BCUT2D eigenvalue weighted by molar-refractivity contribution is -0.151. The van der Waals surface area contributed by atoms with Crippen molar-refractivity contribution in [3.8, 4) is 0 Å². The summed E-state index contributed by atoms with van der Waals surface area (Å²) in [6.07, 6.45) is 0.914. The van der Waals surface area contributed by atoms with E-state index in [4.69, 9.17) is 10.1 Å². The molecule has 0 rings (SSSR count). The van der Waals surface area contributed by atoms with Crippen LogP contribution in [0.3, 0.4) is 0 Å². The molecule has 0 fully saturated rings. The van der Waals surface area contributed by atoms with Gasteiger partial charge in [0.05, 0.1) is 12.3 Å². The van der Waals surface area contributed by atoms with Crippen LogP contribution in [0, 0.1) is 5.41 Å². The van der Waals surface area contributed by atoms with Gasteiger partial charge in [-0.3, -0.25) is 9.59 Å². The minimum absolute atomic E-state index is 0.0675. The van der Waals surface area contributed by atoms with E-state index in [9.17, 15) is 22.8 Å². The predicted octanol–water partition coefficient (Wildman–Crippen LogP) is -0.145. The van der Waals surface area contributed by atoms with Crippen molar-refractivity contribution in [3.05, 3.63) is 0 Å². The molecule has 126 valence electrons. The smallest absolute Gasteiger partial charge is 0.328 e. The molecule has 0 aromatic heterocycles. The van der Waals surface area contributed by atoms with Crippen LogP contribution < -0.4 is 5.32 Å². The molecule has 0 aliphatic carbocycles. The Morgan fingerprint density at radius 3 is 2.18 bits per heavy atom. The molecule has 9 heteroatoms. The maximum absolute atomic E-state index is 11.9. The monoisotopic (exact) mass is 334 g/mol. The Kier molecular flexibility index (Phi) is 7.93. The molecule has 0 unspecified atom stereocenters. The number of carbonyl (C=O) groups excluding carboxylic acids is 3. The van der Waals surface area contributed by atoms with Crippen LogP contribution in [0.5, 0.6) is 0 Å². The van der Waals surface area contributed by atoms with Gasteiger partial charge in [-0.1, -0.05) is 0 Å². The molecular formula is C13H22N2O6S. The zero-order valence-electron chi connectivity index (χ0n) is 13.1. The number of hydrogen-bond donors (Lipinski definition) is 2. The fraction of sp³-hybridized carbons (Fsp3) is 0.692. The van der Waals surface area contributed by atoms with E-state index in [1.165, 1.54) is 6.92 Å². The van der Waals surface area contributed by atoms with Gasteiger partial charge in [-0.15, -0.1) is 0 Å². The Hall–Kier alpha value is -1.77. The fourth-order valence-corrected chi connectivity index (χ4v) is 1.86. The summed E-state index contributed by atoms with van der Waals surface area (Å²) >= 11 is 0. The maximum atomic E-state index is 11.9. The summed E-state index contributed by atoms with van der Waals surface area (Å²) in [6, 6.07) is -1.14. The number of amides is 1. The summed E-state index contributed by atoms with van der Waals surface area (Å²) in [6.45, 7) is 4.45. The molecule has 0 aliphatic rings. The van der Waals surface area contributed by atoms with Crippen LogP contribution in [-0.4, -0.2) is 55.9 Å². The van der Waals surface area contributed by atoms with Gasteiger partial charge >= 0.3 is 5.97 Å². The summed E-state index contributed by atoms with van der Waals surface area (Å²) in [5.41, 5.74) is 0. The number of Topliss-reactive ketones (excluding diaryl/α,β-unsaturated/α-hetero) is 1. The molecule has 0 aromatic rings. The Bertz CT molecular complexity index is 541. The molecule has 2 N–H and O–H groups in total. The minimum Gasteiger partial charge on any atom is -0.461 e. The van der Waals surface area contributed by atoms with Gasteiger partial charge < -0.3 is 15.5 Å². The highest BCUT2D eigenvalue weighted by Gasteiger charge is 2.29. The van der Waals surface area contributed by atoms with Crippen LogP contribution in [0.4, 0.5) is 0 Å².